The predicted octanol–water partition coefficient (Wildman–Crippen LogP) is 19.5. The lowest BCUT2D eigenvalue weighted by Gasteiger charge is -2.25. The van der Waals surface area contributed by atoms with E-state index in [0.29, 0.717) is 17.4 Å². The summed E-state index contributed by atoms with van der Waals surface area (Å²) in [4.78, 5) is 23.3. The normalized spacial score (nSPS) is 14.1. The van der Waals surface area contributed by atoms with Crippen molar-refractivity contribution in [2.24, 2.45) is 0 Å². The summed E-state index contributed by atoms with van der Waals surface area (Å²) in [5.74, 6) is -0.187. The number of carbonyl (C=O) groups is 1. The van der Waals surface area contributed by atoms with Crippen molar-refractivity contribution >= 4 is 13.7 Å². The number of unbranched alkanes of at least 4 members (excludes halogenated alkanes) is 39. The second-order valence-corrected chi connectivity index (χ2v) is 24.2. The van der Waals surface area contributed by atoms with Crippen molar-refractivity contribution < 1.29 is 32.9 Å². The predicted molar refractivity (Wildman–Crippen MR) is 318 cm³/mol. The lowest BCUT2D eigenvalue weighted by molar-refractivity contribution is -0.870. The summed E-state index contributed by atoms with van der Waals surface area (Å²) >= 11 is 0. The number of quaternary nitrogens is 1. The molecular formula is C64H124N2O6P+. The molecule has 0 aromatic rings. The van der Waals surface area contributed by atoms with Gasteiger partial charge in [0.1, 0.15) is 13.2 Å². The first kappa shape index (κ1) is 71.5. The van der Waals surface area contributed by atoms with Crippen LogP contribution >= 0.6 is 7.82 Å². The summed E-state index contributed by atoms with van der Waals surface area (Å²) in [7, 11) is 1.55. The molecule has 8 nitrogen and oxygen atoms in total. The average Bonchev–Trinajstić information content (AvgIpc) is 3.35. The molecule has 0 rings (SSSR count). The molecule has 3 N–H and O–H groups in total. The highest BCUT2D eigenvalue weighted by Crippen LogP contribution is 2.43. The van der Waals surface area contributed by atoms with Crippen LogP contribution < -0.4 is 5.32 Å². The van der Waals surface area contributed by atoms with Gasteiger partial charge in [0.2, 0.25) is 5.91 Å². The number of carbonyl (C=O) groups excluding carboxylic acids is 1. The minimum Gasteiger partial charge on any atom is -0.387 e. The fraction of sp³-hybridized carbons (Fsp3) is 0.859. The minimum atomic E-state index is -4.36. The number of rotatable bonds is 58. The molecule has 3 unspecified atom stereocenters. The summed E-state index contributed by atoms with van der Waals surface area (Å²) in [6.07, 6.45) is 73.8. The Balaban J connectivity index is 4.17. The van der Waals surface area contributed by atoms with Gasteiger partial charge in [0, 0.05) is 6.42 Å². The van der Waals surface area contributed by atoms with Crippen molar-refractivity contribution in [3.8, 4) is 0 Å². The van der Waals surface area contributed by atoms with E-state index in [1.165, 1.54) is 238 Å². The number of phosphoric acid groups is 1. The van der Waals surface area contributed by atoms with Crippen LogP contribution in [-0.2, 0) is 18.4 Å². The number of allylic oxidation sites excluding steroid dienone is 7. The zero-order valence-corrected chi connectivity index (χ0v) is 50.0. The average molecular weight is 1050 g/mol. The number of likely N-dealkylation sites (N-methyl/N-ethyl adjacent to an activating group) is 1. The quantitative estimate of drug-likeness (QED) is 0.0243. The molecule has 0 aliphatic rings. The van der Waals surface area contributed by atoms with E-state index >= 15 is 0 Å². The summed E-state index contributed by atoms with van der Waals surface area (Å²) < 4.78 is 23.7. The Morgan fingerprint density at radius 3 is 1.10 bits per heavy atom. The van der Waals surface area contributed by atoms with Gasteiger partial charge in [0.15, 0.2) is 0 Å². The van der Waals surface area contributed by atoms with Gasteiger partial charge in [-0.3, -0.25) is 13.8 Å². The first-order valence-corrected chi connectivity index (χ1v) is 33.0. The Morgan fingerprint density at radius 1 is 0.452 bits per heavy atom. The molecule has 1 amide bonds. The molecule has 430 valence electrons. The molecule has 0 aromatic carbocycles. The number of phosphoric ester groups is 1. The highest BCUT2D eigenvalue weighted by Gasteiger charge is 2.27. The van der Waals surface area contributed by atoms with Gasteiger partial charge in [0.25, 0.3) is 0 Å². The van der Waals surface area contributed by atoms with Gasteiger partial charge in [-0.05, 0) is 70.6 Å². The molecule has 0 bridgehead atoms. The summed E-state index contributed by atoms with van der Waals surface area (Å²) in [5, 5.41) is 13.9. The molecule has 0 saturated carbocycles. The summed E-state index contributed by atoms with van der Waals surface area (Å²) in [5.41, 5.74) is 0. The highest BCUT2D eigenvalue weighted by atomic mass is 31.2. The van der Waals surface area contributed by atoms with Crippen LogP contribution in [-0.4, -0.2) is 73.4 Å². The van der Waals surface area contributed by atoms with Gasteiger partial charge < -0.3 is 19.8 Å². The number of aliphatic hydroxyl groups is 1. The SMILES string of the molecule is CCCCCCCCCC/C=C\CCCCCCCCCCCCCCCCCCCC(=O)NC(COP(=O)(O)OCC[N+](C)(C)C)C(O)/C=C/CC/C=C/CC/C=C/CCCCCCCCCCCCCC. The largest absolute Gasteiger partial charge is 0.472 e. The van der Waals surface area contributed by atoms with Crippen molar-refractivity contribution in [1.29, 1.82) is 0 Å². The number of hydrogen-bond acceptors (Lipinski definition) is 5. The smallest absolute Gasteiger partial charge is 0.387 e. The second-order valence-electron chi connectivity index (χ2n) is 22.8. The van der Waals surface area contributed by atoms with E-state index in [1.807, 2.05) is 27.2 Å². The number of hydrogen-bond donors (Lipinski definition) is 3. The van der Waals surface area contributed by atoms with Crippen LogP contribution in [0.3, 0.4) is 0 Å². The van der Waals surface area contributed by atoms with Gasteiger partial charge in [-0.15, -0.1) is 0 Å². The van der Waals surface area contributed by atoms with Crippen LogP contribution in [0.4, 0.5) is 0 Å². The third kappa shape index (κ3) is 58.0. The van der Waals surface area contributed by atoms with Gasteiger partial charge >= 0.3 is 7.82 Å². The molecule has 0 spiro atoms. The van der Waals surface area contributed by atoms with E-state index in [4.69, 9.17) is 9.05 Å². The Hall–Kier alpha value is -1.54. The Morgan fingerprint density at radius 2 is 0.753 bits per heavy atom. The number of aliphatic hydroxyl groups excluding tert-OH is 1. The monoisotopic (exact) mass is 1050 g/mol. The zero-order valence-electron chi connectivity index (χ0n) is 49.1. The second kappa shape index (κ2) is 55.2. The van der Waals surface area contributed by atoms with Crippen LogP contribution in [0.2, 0.25) is 0 Å². The van der Waals surface area contributed by atoms with Gasteiger partial charge in [-0.25, -0.2) is 4.57 Å². The lowest BCUT2D eigenvalue weighted by atomic mass is 10.0. The molecule has 3 atom stereocenters. The molecule has 0 aromatic heterocycles. The molecule has 0 saturated heterocycles. The zero-order chi connectivity index (χ0) is 53.5. The van der Waals surface area contributed by atoms with E-state index in [1.54, 1.807) is 6.08 Å². The molecular weight excluding hydrogens is 924 g/mol. The van der Waals surface area contributed by atoms with Crippen molar-refractivity contribution in [3.05, 3.63) is 48.6 Å². The Bertz CT molecular complexity index is 1330. The fourth-order valence-corrected chi connectivity index (χ4v) is 10.0. The van der Waals surface area contributed by atoms with Crippen LogP contribution in [0, 0.1) is 0 Å². The highest BCUT2D eigenvalue weighted by molar-refractivity contribution is 7.47. The third-order valence-electron chi connectivity index (χ3n) is 14.2. The van der Waals surface area contributed by atoms with Crippen molar-refractivity contribution in [2.45, 2.75) is 315 Å². The lowest BCUT2D eigenvalue weighted by Crippen LogP contribution is -2.45. The van der Waals surface area contributed by atoms with Gasteiger partial charge in [-0.2, -0.15) is 0 Å². The maximum absolute atomic E-state index is 13.0. The molecule has 73 heavy (non-hydrogen) atoms. The van der Waals surface area contributed by atoms with E-state index in [-0.39, 0.29) is 19.1 Å². The standard InChI is InChI=1S/C64H123N2O6P/c1-6-8-10-12-14-16-18-20-22-24-26-28-30-31-32-33-34-35-36-38-40-42-44-46-48-50-52-54-56-58-64(68)65-62(61-72-73(69,70)71-60-59-66(3,4)5)63(67)57-55-53-51-49-47-45-43-41-39-37-29-27-25-23-21-19-17-15-13-11-9-7-2/h24,26,39,41,47,49,55,57,62-63,67H,6-23,25,27-38,40,42-46,48,50-54,56,58-61H2,1-5H3,(H-,65,68,69,70)/p+1/b26-24-,41-39+,49-47+,57-55+. The van der Waals surface area contributed by atoms with Crippen LogP contribution in [0.5, 0.6) is 0 Å². The van der Waals surface area contributed by atoms with Crippen LogP contribution in [0.1, 0.15) is 303 Å². The first-order chi connectivity index (χ1) is 35.5. The van der Waals surface area contributed by atoms with Crippen molar-refractivity contribution in [3.63, 3.8) is 0 Å². The molecule has 0 heterocycles. The van der Waals surface area contributed by atoms with Crippen LogP contribution in [0.25, 0.3) is 0 Å². The summed E-state index contributed by atoms with van der Waals surface area (Å²) in [6.45, 7) is 4.82. The maximum Gasteiger partial charge on any atom is 0.472 e. The first-order valence-electron chi connectivity index (χ1n) is 31.5. The third-order valence-corrected chi connectivity index (χ3v) is 15.2. The number of nitrogens with one attached hydrogen (secondary N) is 1. The van der Waals surface area contributed by atoms with Gasteiger partial charge in [-0.1, -0.05) is 274 Å². The molecule has 0 radical (unpaired) electrons. The molecule has 0 aliphatic heterocycles. The fourth-order valence-electron chi connectivity index (χ4n) is 9.31. The maximum atomic E-state index is 13.0. The number of nitrogens with zero attached hydrogens (tertiary/aromatic N) is 1. The van der Waals surface area contributed by atoms with E-state index in [9.17, 15) is 19.4 Å². The van der Waals surface area contributed by atoms with E-state index in [2.05, 4.69) is 55.6 Å². The van der Waals surface area contributed by atoms with Crippen molar-refractivity contribution in [2.75, 3.05) is 40.9 Å². The molecule has 0 aliphatic carbocycles. The van der Waals surface area contributed by atoms with Gasteiger partial charge in [0.05, 0.1) is 39.9 Å². The Labute approximate surface area is 454 Å². The summed E-state index contributed by atoms with van der Waals surface area (Å²) in [6, 6.07) is -0.870. The van der Waals surface area contributed by atoms with E-state index < -0.39 is 20.0 Å². The molecule has 0 fully saturated rings. The van der Waals surface area contributed by atoms with Crippen molar-refractivity contribution in [1.82, 2.24) is 5.32 Å². The minimum absolute atomic E-state index is 0.0540. The topological polar surface area (TPSA) is 105 Å². The molecule has 9 heteroatoms. The van der Waals surface area contributed by atoms with E-state index in [0.717, 1.165) is 44.9 Å². The van der Waals surface area contributed by atoms with Crippen LogP contribution in [0.15, 0.2) is 48.6 Å². The Kier molecular flexibility index (Phi) is 54.1. The number of amides is 1.